The van der Waals surface area contributed by atoms with Crippen LogP contribution in [0.2, 0.25) is 0 Å². The smallest absolute Gasteiger partial charge is 0.0154 e. The SMILES string of the molecule is CC1=CCC=c2ccccc2=C1. The van der Waals surface area contributed by atoms with Gasteiger partial charge in [-0.15, -0.1) is 0 Å². The Morgan fingerprint density at radius 3 is 2.58 bits per heavy atom. The zero-order valence-electron chi connectivity index (χ0n) is 7.25. The standard InChI is InChI=1S/C12H12/c1-10-5-4-8-11-6-2-3-7-12(11)9-10/h2-3,5-9H,4H2,1H3. The fourth-order valence-corrected chi connectivity index (χ4v) is 1.50. The van der Waals surface area contributed by atoms with Crippen molar-refractivity contribution in [3.05, 3.63) is 46.4 Å². The molecule has 0 heteroatoms. The van der Waals surface area contributed by atoms with Crippen molar-refractivity contribution in [1.29, 1.82) is 0 Å². The Labute approximate surface area is 72.5 Å². The molecule has 0 spiro atoms. The van der Waals surface area contributed by atoms with E-state index in [0.717, 1.165) is 6.42 Å². The number of benzene rings is 1. The van der Waals surface area contributed by atoms with Gasteiger partial charge in [0.15, 0.2) is 0 Å². The highest BCUT2D eigenvalue weighted by molar-refractivity contribution is 5.50. The van der Waals surface area contributed by atoms with Crippen molar-refractivity contribution >= 4 is 12.2 Å². The lowest BCUT2D eigenvalue weighted by Gasteiger charge is -1.87. The van der Waals surface area contributed by atoms with Gasteiger partial charge in [0.05, 0.1) is 0 Å². The first kappa shape index (κ1) is 7.35. The highest BCUT2D eigenvalue weighted by Gasteiger charge is 1.89. The number of hydrogen-bond acceptors (Lipinski definition) is 0. The van der Waals surface area contributed by atoms with Gasteiger partial charge in [0, 0.05) is 0 Å². The monoisotopic (exact) mass is 156 g/mol. The third kappa shape index (κ3) is 1.33. The molecule has 0 saturated heterocycles. The Balaban J connectivity index is 2.76. The molecule has 0 aromatic heterocycles. The second-order valence-electron chi connectivity index (χ2n) is 3.16. The summed E-state index contributed by atoms with van der Waals surface area (Å²) in [6.07, 6.45) is 7.81. The zero-order valence-corrected chi connectivity index (χ0v) is 7.25. The summed E-state index contributed by atoms with van der Waals surface area (Å²) in [7, 11) is 0. The van der Waals surface area contributed by atoms with E-state index >= 15 is 0 Å². The second-order valence-corrected chi connectivity index (χ2v) is 3.16. The van der Waals surface area contributed by atoms with Gasteiger partial charge in [-0.1, -0.05) is 48.1 Å². The lowest BCUT2D eigenvalue weighted by molar-refractivity contribution is 1.42. The Morgan fingerprint density at radius 2 is 1.75 bits per heavy atom. The third-order valence-electron chi connectivity index (χ3n) is 2.16. The average molecular weight is 156 g/mol. The van der Waals surface area contributed by atoms with Crippen LogP contribution in [0.1, 0.15) is 13.3 Å². The summed E-state index contributed by atoms with van der Waals surface area (Å²) in [5, 5.41) is 2.69. The van der Waals surface area contributed by atoms with Crippen LogP contribution in [-0.4, -0.2) is 0 Å². The summed E-state index contributed by atoms with van der Waals surface area (Å²) in [6, 6.07) is 8.50. The molecule has 0 radical (unpaired) electrons. The minimum atomic E-state index is 1.05. The van der Waals surface area contributed by atoms with E-state index in [4.69, 9.17) is 0 Å². The van der Waals surface area contributed by atoms with Gasteiger partial charge in [0.25, 0.3) is 0 Å². The third-order valence-corrected chi connectivity index (χ3v) is 2.16. The van der Waals surface area contributed by atoms with Crippen molar-refractivity contribution in [3.8, 4) is 0 Å². The van der Waals surface area contributed by atoms with E-state index in [1.165, 1.54) is 16.0 Å². The normalized spacial score (nSPS) is 14.9. The van der Waals surface area contributed by atoms with Gasteiger partial charge in [-0.2, -0.15) is 0 Å². The van der Waals surface area contributed by atoms with Gasteiger partial charge >= 0.3 is 0 Å². The minimum Gasteiger partial charge on any atom is -0.0778 e. The molecule has 0 N–H and O–H groups in total. The maximum atomic E-state index is 2.27. The van der Waals surface area contributed by atoms with Crippen molar-refractivity contribution in [2.45, 2.75) is 13.3 Å². The van der Waals surface area contributed by atoms with Gasteiger partial charge < -0.3 is 0 Å². The van der Waals surface area contributed by atoms with E-state index < -0.39 is 0 Å². The van der Waals surface area contributed by atoms with Crippen LogP contribution < -0.4 is 10.4 Å². The lowest BCUT2D eigenvalue weighted by Crippen LogP contribution is -2.22. The largest absolute Gasteiger partial charge is 0.0778 e. The number of allylic oxidation sites excluding steroid dienone is 2. The molecule has 1 aliphatic carbocycles. The second kappa shape index (κ2) is 2.98. The van der Waals surface area contributed by atoms with Gasteiger partial charge in [0.2, 0.25) is 0 Å². The maximum Gasteiger partial charge on any atom is -0.0154 e. The van der Waals surface area contributed by atoms with Gasteiger partial charge in [-0.3, -0.25) is 0 Å². The summed E-state index contributed by atoms with van der Waals surface area (Å²) < 4.78 is 0. The molecule has 0 aliphatic heterocycles. The van der Waals surface area contributed by atoms with Gasteiger partial charge in [0.1, 0.15) is 0 Å². The van der Waals surface area contributed by atoms with E-state index in [1.807, 2.05) is 0 Å². The van der Waals surface area contributed by atoms with E-state index in [-0.39, 0.29) is 0 Å². The average Bonchev–Trinajstić information content (AvgIpc) is 2.25. The fourth-order valence-electron chi connectivity index (χ4n) is 1.50. The molecule has 0 fully saturated rings. The summed E-state index contributed by atoms with van der Waals surface area (Å²) in [6.45, 7) is 2.15. The van der Waals surface area contributed by atoms with E-state index in [2.05, 4.69) is 49.4 Å². The summed E-state index contributed by atoms with van der Waals surface area (Å²) in [5.41, 5.74) is 1.36. The molecule has 0 amide bonds. The van der Waals surface area contributed by atoms with Crippen LogP contribution in [0.4, 0.5) is 0 Å². The number of rotatable bonds is 0. The fraction of sp³-hybridized carbons (Fsp3) is 0.167. The van der Waals surface area contributed by atoms with E-state index in [9.17, 15) is 0 Å². The van der Waals surface area contributed by atoms with Crippen molar-refractivity contribution in [2.75, 3.05) is 0 Å². The molecule has 12 heavy (non-hydrogen) atoms. The molecule has 0 heterocycles. The Morgan fingerprint density at radius 1 is 1.00 bits per heavy atom. The highest BCUT2D eigenvalue weighted by Crippen LogP contribution is 1.99. The zero-order chi connectivity index (χ0) is 8.39. The van der Waals surface area contributed by atoms with E-state index in [0.29, 0.717) is 0 Å². The molecule has 0 bridgehead atoms. The van der Waals surface area contributed by atoms with Crippen LogP contribution in [0.15, 0.2) is 35.9 Å². The summed E-state index contributed by atoms with van der Waals surface area (Å²) in [5.74, 6) is 0. The number of fused-ring (bicyclic) bond motifs is 1. The lowest BCUT2D eigenvalue weighted by atomic mass is 10.2. The first-order valence-corrected chi connectivity index (χ1v) is 4.30. The summed E-state index contributed by atoms with van der Waals surface area (Å²) >= 11 is 0. The molecule has 2 rings (SSSR count). The van der Waals surface area contributed by atoms with Crippen LogP contribution in [0.25, 0.3) is 12.2 Å². The molecule has 60 valence electrons. The molecule has 1 aromatic rings. The molecule has 1 aromatic carbocycles. The topological polar surface area (TPSA) is 0 Å². The molecule has 0 saturated carbocycles. The van der Waals surface area contributed by atoms with Crippen LogP contribution >= 0.6 is 0 Å². The molecular weight excluding hydrogens is 144 g/mol. The van der Waals surface area contributed by atoms with Crippen LogP contribution in [-0.2, 0) is 0 Å². The Bertz CT molecular complexity index is 422. The Kier molecular flexibility index (Phi) is 1.83. The predicted molar refractivity (Wildman–Crippen MR) is 53.0 cm³/mol. The minimum absolute atomic E-state index is 1.05. The first-order chi connectivity index (χ1) is 5.86. The Hall–Kier alpha value is -1.30. The highest BCUT2D eigenvalue weighted by atomic mass is 13.9. The molecule has 1 aliphatic rings. The number of hydrogen-bond donors (Lipinski definition) is 0. The van der Waals surface area contributed by atoms with Crippen LogP contribution in [0.5, 0.6) is 0 Å². The van der Waals surface area contributed by atoms with Crippen molar-refractivity contribution in [3.63, 3.8) is 0 Å². The first-order valence-electron chi connectivity index (χ1n) is 4.30. The van der Waals surface area contributed by atoms with Crippen molar-refractivity contribution in [2.24, 2.45) is 0 Å². The molecule has 0 atom stereocenters. The molecule has 0 nitrogen and oxygen atoms in total. The maximum absolute atomic E-state index is 2.27. The summed E-state index contributed by atoms with van der Waals surface area (Å²) in [4.78, 5) is 0. The molecular formula is C12H12. The van der Waals surface area contributed by atoms with Crippen LogP contribution in [0.3, 0.4) is 0 Å². The quantitative estimate of drug-likeness (QED) is 0.535. The molecule has 0 unspecified atom stereocenters. The van der Waals surface area contributed by atoms with Crippen LogP contribution in [0, 0.1) is 0 Å². The van der Waals surface area contributed by atoms with Gasteiger partial charge in [-0.25, -0.2) is 0 Å². The van der Waals surface area contributed by atoms with Gasteiger partial charge in [-0.05, 0) is 23.8 Å². The predicted octanol–water partition coefficient (Wildman–Crippen LogP) is 1.60. The van der Waals surface area contributed by atoms with Crippen molar-refractivity contribution < 1.29 is 0 Å². The van der Waals surface area contributed by atoms with E-state index in [1.54, 1.807) is 0 Å². The van der Waals surface area contributed by atoms with Crippen molar-refractivity contribution in [1.82, 2.24) is 0 Å².